The third kappa shape index (κ3) is 4.63. The molecule has 0 radical (unpaired) electrons. The van der Waals surface area contributed by atoms with Crippen LogP contribution in [0.1, 0.15) is 5.56 Å². The number of amides is 1. The molecule has 0 unspecified atom stereocenters. The first kappa shape index (κ1) is 20.0. The molecule has 27 heavy (non-hydrogen) atoms. The summed E-state index contributed by atoms with van der Waals surface area (Å²) in [5, 5.41) is 2.77. The molecular formula is C20H23NO6. The Morgan fingerprint density at radius 3 is 2.00 bits per heavy atom. The van der Waals surface area contributed by atoms with Crippen LogP contribution in [0.2, 0.25) is 0 Å². The quantitative estimate of drug-likeness (QED) is 0.715. The Balaban J connectivity index is 2.20. The SMILES string of the molecule is COc1ccc(NC(=O)C=Cc2ccc(OC)c(OC)c2OC)cc1OC. The first-order valence-corrected chi connectivity index (χ1v) is 8.08. The van der Waals surface area contributed by atoms with Crippen molar-refractivity contribution in [3.05, 3.63) is 42.0 Å². The molecule has 2 aromatic rings. The largest absolute Gasteiger partial charge is 0.493 e. The molecule has 0 saturated carbocycles. The van der Waals surface area contributed by atoms with Crippen LogP contribution < -0.4 is 29.0 Å². The van der Waals surface area contributed by atoms with Gasteiger partial charge in [-0.25, -0.2) is 0 Å². The summed E-state index contributed by atoms with van der Waals surface area (Å²) in [5.41, 5.74) is 1.26. The fourth-order valence-corrected chi connectivity index (χ4v) is 2.52. The lowest BCUT2D eigenvalue weighted by molar-refractivity contribution is -0.111. The molecule has 0 spiro atoms. The number of rotatable bonds is 8. The first-order valence-electron chi connectivity index (χ1n) is 8.08. The topological polar surface area (TPSA) is 75.3 Å². The van der Waals surface area contributed by atoms with Gasteiger partial charge in [0.05, 0.1) is 35.5 Å². The van der Waals surface area contributed by atoms with Crippen LogP contribution in [0.3, 0.4) is 0 Å². The maximum Gasteiger partial charge on any atom is 0.248 e. The molecule has 0 aliphatic heterocycles. The molecular weight excluding hydrogens is 350 g/mol. The molecule has 7 nitrogen and oxygen atoms in total. The summed E-state index contributed by atoms with van der Waals surface area (Å²) in [7, 11) is 7.68. The fourth-order valence-electron chi connectivity index (χ4n) is 2.52. The van der Waals surface area contributed by atoms with Crippen LogP contribution in [-0.4, -0.2) is 41.5 Å². The van der Waals surface area contributed by atoms with E-state index in [0.717, 1.165) is 0 Å². The van der Waals surface area contributed by atoms with Gasteiger partial charge in [-0.05, 0) is 30.3 Å². The lowest BCUT2D eigenvalue weighted by atomic mass is 10.1. The van der Waals surface area contributed by atoms with Gasteiger partial charge in [-0.3, -0.25) is 4.79 Å². The number of anilines is 1. The van der Waals surface area contributed by atoms with Gasteiger partial charge < -0.3 is 29.0 Å². The van der Waals surface area contributed by atoms with Crippen molar-refractivity contribution in [1.29, 1.82) is 0 Å². The summed E-state index contributed by atoms with van der Waals surface area (Å²) >= 11 is 0. The Morgan fingerprint density at radius 2 is 1.41 bits per heavy atom. The zero-order valence-corrected chi connectivity index (χ0v) is 16.0. The third-order valence-electron chi connectivity index (χ3n) is 3.80. The van der Waals surface area contributed by atoms with Crippen LogP contribution in [0, 0.1) is 0 Å². The second kappa shape index (κ2) is 9.38. The van der Waals surface area contributed by atoms with Gasteiger partial charge in [0.1, 0.15) is 0 Å². The van der Waals surface area contributed by atoms with E-state index in [9.17, 15) is 4.79 Å². The molecule has 0 aliphatic rings. The predicted octanol–water partition coefficient (Wildman–Crippen LogP) is 3.38. The van der Waals surface area contributed by atoms with Gasteiger partial charge in [-0.15, -0.1) is 0 Å². The zero-order chi connectivity index (χ0) is 19.8. The summed E-state index contributed by atoms with van der Waals surface area (Å²) in [6, 6.07) is 8.65. The van der Waals surface area contributed by atoms with Gasteiger partial charge in [-0.1, -0.05) is 0 Å². The van der Waals surface area contributed by atoms with E-state index in [4.69, 9.17) is 23.7 Å². The third-order valence-corrected chi connectivity index (χ3v) is 3.80. The van der Waals surface area contributed by atoms with Crippen molar-refractivity contribution in [3.8, 4) is 28.7 Å². The molecule has 144 valence electrons. The highest BCUT2D eigenvalue weighted by Gasteiger charge is 2.14. The van der Waals surface area contributed by atoms with Crippen molar-refractivity contribution >= 4 is 17.7 Å². The number of hydrogen-bond donors (Lipinski definition) is 1. The lowest BCUT2D eigenvalue weighted by Gasteiger charge is -2.14. The minimum Gasteiger partial charge on any atom is -0.493 e. The number of carbonyl (C=O) groups is 1. The molecule has 0 bridgehead atoms. The van der Waals surface area contributed by atoms with Gasteiger partial charge in [0, 0.05) is 23.4 Å². The average Bonchev–Trinajstić information content (AvgIpc) is 2.70. The summed E-state index contributed by atoms with van der Waals surface area (Å²) in [6.45, 7) is 0. The maximum absolute atomic E-state index is 12.3. The van der Waals surface area contributed by atoms with Crippen LogP contribution in [0.5, 0.6) is 28.7 Å². The maximum atomic E-state index is 12.3. The van der Waals surface area contributed by atoms with Crippen molar-refractivity contribution in [2.24, 2.45) is 0 Å². The molecule has 0 aliphatic carbocycles. The molecule has 0 aromatic heterocycles. The number of methoxy groups -OCH3 is 5. The van der Waals surface area contributed by atoms with Crippen molar-refractivity contribution in [3.63, 3.8) is 0 Å². The zero-order valence-electron chi connectivity index (χ0n) is 16.0. The highest BCUT2D eigenvalue weighted by atomic mass is 16.5. The summed E-state index contributed by atoms with van der Waals surface area (Å²) in [6.07, 6.45) is 3.04. The molecule has 0 fully saturated rings. The Hall–Kier alpha value is -3.35. The highest BCUT2D eigenvalue weighted by molar-refractivity contribution is 6.02. The van der Waals surface area contributed by atoms with E-state index < -0.39 is 0 Å². The summed E-state index contributed by atoms with van der Waals surface area (Å²) < 4.78 is 26.4. The van der Waals surface area contributed by atoms with Crippen LogP contribution in [0.25, 0.3) is 6.08 Å². The van der Waals surface area contributed by atoms with Gasteiger partial charge in [0.2, 0.25) is 11.7 Å². The van der Waals surface area contributed by atoms with Crippen LogP contribution in [-0.2, 0) is 4.79 Å². The minimum atomic E-state index is -0.306. The minimum absolute atomic E-state index is 0.306. The summed E-state index contributed by atoms with van der Waals surface area (Å²) in [4.78, 5) is 12.3. The standard InChI is InChI=1S/C20H23NO6/c1-23-15-10-8-14(12-17(15)25-3)21-18(22)11-7-13-6-9-16(24-2)20(27-5)19(13)26-4/h6-12H,1-5H3,(H,21,22). The van der Waals surface area contributed by atoms with E-state index in [0.29, 0.717) is 40.0 Å². The Morgan fingerprint density at radius 1 is 0.778 bits per heavy atom. The van der Waals surface area contributed by atoms with Gasteiger partial charge in [-0.2, -0.15) is 0 Å². The number of benzene rings is 2. The number of carbonyl (C=O) groups excluding carboxylic acids is 1. The van der Waals surface area contributed by atoms with Crippen LogP contribution in [0.4, 0.5) is 5.69 Å². The Labute approximate surface area is 158 Å². The Bertz CT molecular complexity index is 831. The molecule has 1 amide bonds. The van der Waals surface area contributed by atoms with E-state index >= 15 is 0 Å². The molecule has 0 atom stereocenters. The smallest absolute Gasteiger partial charge is 0.248 e. The number of ether oxygens (including phenoxy) is 5. The molecule has 0 saturated heterocycles. The van der Waals surface area contributed by atoms with Crippen molar-refractivity contribution < 1.29 is 28.5 Å². The van der Waals surface area contributed by atoms with E-state index in [1.54, 1.807) is 50.6 Å². The molecule has 0 heterocycles. The van der Waals surface area contributed by atoms with E-state index in [2.05, 4.69) is 5.32 Å². The monoisotopic (exact) mass is 373 g/mol. The molecule has 7 heteroatoms. The molecule has 1 N–H and O–H groups in total. The normalized spacial score (nSPS) is 10.4. The first-order chi connectivity index (χ1) is 13.1. The highest BCUT2D eigenvalue weighted by Crippen LogP contribution is 2.40. The van der Waals surface area contributed by atoms with Gasteiger partial charge in [0.25, 0.3) is 0 Å². The van der Waals surface area contributed by atoms with Gasteiger partial charge in [0.15, 0.2) is 23.0 Å². The summed E-state index contributed by atoms with van der Waals surface area (Å²) in [5.74, 6) is 2.29. The number of hydrogen-bond acceptors (Lipinski definition) is 6. The van der Waals surface area contributed by atoms with Crippen molar-refractivity contribution in [1.82, 2.24) is 0 Å². The predicted molar refractivity (Wildman–Crippen MR) is 103 cm³/mol. The molecule has 2 aromatic carbocycles. The molecule has 2 rings (SSSR count). The van der Waals surface area contributed by atoms with Crippen LogP contribution >= 0.6 is 0 Å². The number of nitrogens with one attached hydrogen (secondary N) is 1. The average molecular weight is 373 g/mol. The lowest BCUT2D eigenvalue weighted by Crippen LogP contribution is -2.08. The van der Waals surface area contributed by atoms with E-state index in [1.165, 1.54) is 27.4 Å². The van der Waals surface area contributed by atoms with Crippen molar-refractivity contribution in [2.75, 3.05) is 40.9 Å². The Kier molecular flexibility index (Phi) is 6.93. The van der Waals surface area contributed by atoms with Crippen LogP contribution in [0.15, 0.2) is 36.4 Å². The fraction of sp³-hybridized carbons (Fsp3) is 0.250. The van der Waals surface area contributed by atoms with Gasteiger partial charge >= 0.3 is 0 Å². The van der Waals surface area contributed by atoms with Crippen molar-refractivity contribution in [2.45, 2.75) is 0 Å². The second-order valence-electron chi connectivity index (χ2n) is 5.32. The van der Waals surface area contributed by atoms with E-state index in [1.807, 2.05) is 0 Å². The second-order valence-corrected chi connectivity index (χ2v) is 5.32. The van der Waals surface area contributed by atoms with E-state index in [-0.39, 0.29) is 5.91 Å².